The molecule has 0 amide bonds. The molecule has 0 saturated heterocycles. The summed E-state index contributed by atoms with van der Waals surface area (Å²) in [5.41, 5.74) is 0.883. The van der Waals surface area contributed by atoms with Crippen molar-refractivity contribution in [3.05, 3.63) is 24.3 Å². The molecule has 0 fully saturated rings. The van der Waals surface area contributed by atoms with Crippen molar-refractivity contribution in [3.8, 4) is 0 Å². The molecule has 0 aliphatic rings. The largest absolute Gasteiger partial charge is 0.462 e. The molecule has 0 N–H and O–H groups in total. The molecule has 10 heteroatoms. The second kappa shape index (κ2) is 15.7. The first-order chi connectivity index (χ1) is 14.5. The lowest BCUT2D eigenvalue weighted by Crippen LogP contribution is -2.42. The molecular weight excluding hydrogens is 460 g/mol. The van der Waals surface area contributed by atoms with E-state index >= 15 is 0 Å². The topological polar surface area (TPSA) is 80.3 Å². The van der Waals surface area contributed by atoms with Gasteiger partial charge in [-0.1, -0.05) is 13.2 Å². The van der Waals surface area contributed by atoms with Crippen molar-refractivity contribution >= 4 is 37.1 Å². The third-order valence-electron chi connectivity index (χ3n) is 4.31. The summed E-state index contributed by atoms with van der Waals surface area (Å²) in [6.07, 6.45) is 1.63. The zero-order valence-corrected chi connectivity index (χ0v) is 25.0. The van der Waals surface area contributed by atoms with Crippen molar-refractivity contribution in [2.24, 2.45) is 0 Å². The van der Waals surface area contributed by atoms with E-state index in [4.69, 9.17) is 22.4 Å². The van der Waals surface area contributed by atoms with E-state index in [1.165, 1.54) is 0 Å². The van der Waals surface area contributed by atoms with Crippen molar-refractivity contribution in [1.29, 1.82) is 0 Å². The molecule has 7 nitrogen and oxygen atoms in total. The summed E-state index contributed by atoms with van der Waals surface area (Å²) in [7, 11) is -1.76. The Labute approximate surface area is 199 Å². The molecule has 0 aromatic heterocycles. The minimum atomic E-state index is -2.01. The van der Waals surface area contributed by atoms with Crippen LogP contribution in [0.5, 0.6) is 0 Å². The summed E-state index contributed by atoms with van der Waals surface area (Å²) in [6, 6.07) is 1.84. The molecule has 0 heterocycles. The summed E-state index contributed by atoms with van der Waals surface area (Å²) in [4.78, 5) is 22.2. The van der Waals surface area contributed by atoms with Crippen LogP contribution in [0.25, 0.3) is 0 Å². The Morgan fingerprint density at radius 2 is 1.09 bits per heavy atom. The minimum Gasteiger partial charge on any atom is -0.462 e. The van der Waals surface area contributed by atoms with E-state index in [0.29, 0.717) is 24.4 Å². The van der Waals surface area contributed by atoms with Gasteiger partial charge in [0, 0.05) is 25.4 Å². The highest BCUT2D eigenvalue weighted by atomic mass is 28.4. The van der Waals surface area contributed by atoms with Gasteiger partial charge < -0.3 is 22.4 Å². The van der Waals surface area contributed by atoms with Crippen LogP contribution < -0.4 is 0 Å². The first-order valence-electron chi connectivity index (χ1n) is 10.9. The van der Waals surface area contributed by atoms with Gasteiger partial charge in [0.2, 0.25) is 0 Å². The molecule has 0 aromatic carbocycles. The lowest BCUT2D eigenvalue weighted by Gasteiger charge is -2.31. The van der Waals surface area contributed by atoms with E-state index in [1.54, 1.807) is 28.1 Å². The highest BCUT2D eigenvalue weighted by molar-refractivity contribution is 6.84. The number of carbonyl (C=O) groups excluding carboxylic acids is 2. The van der Waals surface area contributed by atoms with Gasteiger partial charge in [-0.3, -0.25) is 0 Å². The second-order valence-electron chi connectivity index (χ2n) is 9.56. The van der Waals surface area contributed by atoms with Crippen molar-refractivity contribution in [2.75, 3.05) is 27.4 Å². The van der Waals surface area contributed by atoms with Gasteiger partial charge >= 0.3 is 20.5 Å². The highest BCUT2D eigenvalue weighted by Crippen LogP contribution is 2.19. The molecule has 188 valence electrons. The molecular formula is C22H46O7Si3. The number of rotatable bonds is 14. The third kappa shape index (κ3) is 18.5. The Balaban J connectivity index is 0. The van der Waals surface area contributed by atoms with Gasteiger partial charge in [0.1, 0.15) is 0 Å². The van der Waals surface area contributed by atoms with Crippen molar-refractivity contribution in [1.82, 2.24) is 0 Å². The number of ether oxygens (including phenoxy) is 2. The molecule has 32 heavy (non-hydrogen) atoms. The summed E-state index contributed by atoms with van der Waals surface area (Å²) in [5.74, 6) is -0.635. The van der Waals surface area contributed by atoms with Crippen molar-refractivity contribution < 1.29 is 32.0 Å². The van der Waals surface area contributed by atoms with Gasteiger partial charge in [0.15, 0.2) is 16.6 Å². The summed E-state index contributed by atoms with van der Waals surface area (Å²) in [6.45, 7) is 24.3. The molecule has 0 atom stereocenters. The third-order valence-corrected chi connectivity index (χ3v) is 13.5. The molecule has 0 aromatic rings. The van der Waals surface area contributed by atoms with E-state index in [-0.39, 0.29) is 11.9 Å². The van der Waals surface area contributed by atoms with E-state index in [2.05, 4.69) is 45.9 Å². The average Bonchev–Trinajstić information content (AvgIpc) is 2.66. The van der Waals surface area contributed by atoms with Gasteiger partial charge in [-0.2, -0.15) is 0 Å². The first kappa shape index (κ1) is 33.1. The van der Waals surface area contributed by atoms with Crippen LogP contribution in [0.2, 0.25) is 51.4 Å². The molecule has 0 bridgehead atoms. The quantitative estimate of drug-likeness (QED) is 0.135. The fourth-order valence-corrected chi connectivity index (χ4v) is 12.0. The monoisotopic (exact) mass is 506 g/mol. The Bertz CT molecular complexity index is 609. The molecule has 0 radical (unpaired) electrons. The van der Waals surface area contributed by atoms with Crippen molar-refractivity contribution in [3.63, 3.8) is 0 Å². The van der Waals surface area contributed by atoms with Crippen LogP contribution in [-0.4, -0.2) is 64.6 Å². The number of carbonyl (C=O) groups is 2. The van der Waals surface area contributed by atoms with E-state index in [9.17, 15) is 9.59 Å². The van der Waals surface area contributed by atoms with Crippen molar-refractivity contribution in [2.45, 2.75) is 78.1 Å². The van der Waals surface area contributed by atoms with Gasteiger partial charge in [0.05, 0.1) is 13.2 Å². The lowest BCUT2D eigenvalue weighted by atomic mass is 10.4. The van der Waals surface area contributed by atoms with Crippen LogP contribution in [0.3, 0.4) is 0 Å². The van der Waals surface area contributed by atoms with Crippen LogP contribution >= 0.6 is 0 Å². The Morgan fingerprint density at radius 3 is 1.41 bits per heavy atom. The van der Waals surface area contributed by atoms with Gasteiger partial charge in [-0.15, -0.1) is 0 Å². The van der Waals surface area contributed by atoms with Gasteiger partial charge in [0.25, 0.3) is 0 Å². The van der Waals surface area contributed by atoms with Crippen LogP contribution in [0, 0.1) is 0 Å². The van der Waals surface area contributed by atoms with Crippen LogP contribution in [0.15, 0.2) is 24.3 Å². The number of hydrogen-bond acceptors (Lipinski definition) is 7. The zero-order valence-electron chi connectivity index (χ0n) is 22.0. The maximum absolute atomic E-state index is 11.2. The second-order valence-corrected chi connectivity index (χ2v) is 22.2. The molecule has 0 aliphatic carbocycles. The van der Waals surface area contributed by atoms with Gasteiger partial charge in [-0.25, -0.2) is 9.59 Å². The molecule has 0 unspecified atom stereocenters. The minimum absolute atomic E-state index is 0.296. The maximum atomic E-state index is 11.2. The number of esters is 2. The maximum Gasteiger partial charge on any atom is 0.334 e. The van der Waals surface area contributed by atoms with Crippen LogP contribution in [-0.2, 0) is 32.0 Å². The van der Waals surface area contributed by atoms with E-state index < -0.39 is 25.2 Å². The van der Waals surface area contributed by atoms with E-state index in [0.717, 1.165) is 24.9 Å². The predicted molar refractivity (Wildman–Crippen MR) is 138 cm³/mol. The SMILES string of the molecule is C=C(C)C(=O)OCCC[Si](C)(C)O[Si](C)(C)C.C=C(C)C(=O)OCCC[Si](C)(OC)OC. The molecule has 0 spiro atoms. The smallest absolute Gasteiger partial charge is 0.334 e. The summed E-state index contributed by atoms with van der Waals surface area (Å²) >= 11 is 0. The molecule has 0 saturated carbocycles. The first-order valence-corrected chi connectivity index (χ1v) is 20.0. The van der Waals surface area contributed by atoms with E-state index in [1.807, 2.05) is 6.55 Å². The molecule has 0 rings (SSSR count). The average molecular weight is 507 g/mol. The summed E-state index contributed by atoms with van der Waals surface area (Å²) in [5, 5.41) is 0. The lowest BCUT2D eigenvalue weighted by molar-refractivity contribution is -0.139. The van der Waals surface area contributed by atoms with Crippen LogP contribution in [0.4, 0.5) is 0 Å². The Morgan fingerprint density at radius 1 is 0.719 bits per heavy atom. The zero-order chi connectivity index (χ0) is 25.6. The fraction of sp³-hybridized carbons (Fsp3) is 0.727. The number of hydrogen-bond donors (Lipinski definition) is 0. The predicted octanol–water partition coefficient (Wildman–Crippen LogP) is 5.41. The fourth-order valence-electron chi connectivity index (χ4n) is 2.63. The Hall–Kier alpha value is -1.05. The highest BCUT2D eigenvalue weighted by Gasteiger charge is 2.29. The normalized spacial score (nSPS) is 11.8. The Kier molecular flexibility index (Phi) is 16.3. The van der Waals surface area contributed by atoms with Gasteiger partial charge in [-0.05, 0) is 78.1 Å². The summed E-state index contributed by atoms with van der Waals surface area (Å²) < 4.78 is 26.8. The standard InChI is InChI=1S/C12H26O3Si2.C10H20O4Si/c1-11(2)12(13)14-9-8-10-17(6,7)15-16(3,4)5;1-9(2)10(11)14-7-6-8-15(5,12-3)13-4/h1,8-10H2,2-7H3;1,6-8H2,2-5H3. The van der Waals surface area contributed by atoms with Crippen LogP contribution in [0.1, 0.15) is 26.7 Å². The molecule has 0 aliphatic heterocycles.